The second kappa shape index (κ2) is 4.52. The minimum Gasteiger partial charge on any atom is -0.478 e. The van der Waals surface area contributed by atoms with Gasteiger partial charge in [-0.15, -0.1) is 0 Å². The summed E-state index contributed by atoms with van der Waals surface area (Å²) in [6.07, 6.45) is 1.92. The monoisotopic (exact) mass is 269 g/mol. The molecule has 5 nitrogen and oxygen atoms in total. The summed E-state index contributed by atoms with van der Waals surface area (Å²) in [5.74, 6) is -0.898. The van der Waals surface area contributed by atoms with E-state index in [1.807, 2.05) is 47.6 Å². The SMILES string of the molecule is Cc1cc(Cn2ccc3c(C(=O)O)cccc32)n(C)n1. The second-order valence-corrected chi connectivity index (χ2v) is 4.89. The Morgan fingerprint density at radius 3 is 2.80 bits per heavy atom. The standard InChI is InChI=1S/C15H15N3O2/c1-10-8-11(17(2)16-10)9-18-7-6-12-13(15(19)20)4-3-5-14(12)18/h3-8H,9H2,1-2H3,(H,19,20). The third kappa shape index (κ3) is 1.97. The molecule has 0 fully saturated rings. The number of aromatic nitrogens is 3. The molecule has 0 aliphatic rings. The zero-order valence-corrected chi connectivity index (χ0v) is 11.4. The van der Waals surface area contributed by atoms with Crippen LogP contribution in [0.3, 0.4) is 0 Å². The quantitative estimate of drug-likeness (QED) is 0.794. The van der Waals surface area contributed by atoms with Gasteiger partial charge in [0.2, 0.25) is 0 Å². The van der Waals surface area contributed by atoms with Crippen LogP contribution in [-0.4, -0.2) is 25.4 Å². The van der Waals surface area contributed by atoms with E-state index in [2.05, 4.69) is 5.10 Å². The van der Waals surface area contributed by atoms with E-state index in [1.165, 1.54) is 0 Å². The lowest BCUT2D eigenvalue weighted by molar-refractivity contribution is 0.0699. The Morgan fingerprint density at radius 2 is 2.15 bits per heavy atom. The number of fused-ring (bicyclic) bond motifs is 1. The van der Waals surface area contributed by atoms with E-state index >= 15 is 0 Å². The van der Waals surface area contributed by atoms with Gasteiger partial charge in [0.1, 0.15) is 0 Å². The zero-order valence-electron chi connectivity index (χ0n) is 11.4. The number of hydrogen-bond donors (Lipinski definition) is 1. The largest absolute Gasteiger partial charge is 0.478 e. The maximum Gasteiger partial charge on any atom is 0.336 e. The van der Waals surface area contributed by atoms with E-state index in [0.717, 1.165) is 22.3 Å². The van der Waals surface area contributed by atoms with Crippen molar-refractivity contribution >= 4 is 16.9 Å². The minimum absolute atomic E-state index is 0.336. The summed E-state index contributed by atoms with van der Waals surface area (Å²) >= 11 is 0. The van der Waals surface area contributed by atoms with Crippen LogP contribution < -0.4 is 0 Å². The molecule has 0 aliphatic heterocycles. The highest BCUT2D eigenvalue weighted by Gasteiger charge is 2.11. The average molecular weight is 269 g/mol. The molecule has 2 heterocycles. The van der Waals surface area contributed by atoms with Crippen LogP contribution in [-0.2, 0) is 13.6 Å². The van der Waals surface area contributed by atoms with Crippen LogP contribution >= 0.6 is 0 Å². The maximum absolute atomic E-state index is 11.2. The number of aryl methyl sites for hydroxylation is 2. The molecule has 0 spiro atoms. The van der Waals surface area contributed by atoms with Gasteiger partial charge in [0.15, 0.2) is 0 Å². The summed E-state index contributed by atoms with van der Waals surface area (Å²) < 4.78 is 3.89. The lowest BCUT2D eigenvalue weighted by Crippen LogP contribution is -2.04. The van der Waals surface area contributed by atoms with E-state index in [9.17, 15) is 9.90 Å². The summed E-state index contributed by atoms with van der Waals surface area (Å²) in [5, 5.41) is 14.3. The van der Waals surface area contributed by atoms with Gasteiger partial charge < -0.3 is 9.67 Å². The molecule has 1 N–H and O–H groups in total. The highest BCUT2D eigenvalue weighted by Crippen LogP contribution is 2.21. The molecular weight excluding hydrogens is 254 g/mol. The van der Waals surface area contributed by atoms with E-state index in [0.29, 0.717) is 12.1 Å². The second-order valence-electron chi connectivity index (χ2n) is 4.89. The van der Waals surface area contributed by atoms with Crippen LogP contribution in [0.15, 0.2) is 36.5 Å². The fourth-order valence-corrected chi connectivity index (χ4v) is 2.53. The van der Waals surface area contributed by atoms with Gasteiger partial charge in [-0.2, -0.15) is 5.10 Å². The number of carboxylic acids is 1. The molecule has 102 valence electrons. The highest BCUT2D eigenvalue weighted by atomic mass is 16.4. The fraction of sp³-hybridized carbons (Fsp3) is 0.200. The van der Waals surface area contributed by atoms with Crippen molar-refractivity contribution in [2.45, 2.75) is 13.5 Å². The van der Waals surface area contributed by atoms with Crippen LogP contribution in [0.1, 0.15) is 21.7 Å². The molecule has 0 unspecified atom stereocenters. The van der Waals surface area contributed by atoms with Gasteiger partial charge in [-0.3, -0.25) is 4.68 Å². The number of nitrogens with zero attached hydrogens (tertiary/aromatic N) is 3. The van der Waals surface area contributed by atoms with Crippen molar-refractivity contribution in [1.82, 2.24) is 14.3 Å². The van der Waals surface area contributed by atoms with Crippen molar-refractivity contribution in [2.75, 3.05) is 0 Å². The Labute approximate surface area is 116 Å². The van der Waals surface area contributed by atoms with Crippen molar-refractivity contribution in [3.8, 4) is 0 Å². The topological polar surface area (TPSA) is 60.1 Å². The predicted octanol–water partition coefficient (Wildman–Crippen LogP) is 2.43. The van der Waals surface area contributed by atoms with E-state index < -0.39 is 5.97 Å². The number of carboxylic acid groups (broad SMARTS) is 1. The Balaban J connectivity index is 2.07. The lowest BCUT2D eigenvalue weighted by Gasteiger charge is -2.06. The Hall–Kier alpha value is -2.56. The van der Waals surface area contributed by atoms with E-state index in [4.69, 9.17) is 0 Å². The molecule has 5 heteroatoms. The first-order valence-corrected chi connectivity index (χ1v) is 6.37. The first-order valence-electron chi connectivity index (χ1n) is 6.37. The van der Waals surface area contributed by atoms with Crippen molar-refractivity contribution < 1.29 is 9.90 Å². The van der Waals surface area contributed by atoms with Gasteiger partial charge >= 0.3 is 5.97 Å². The van der Waals surface area contributed by atoms with Crippen LogP contribution in [0.2, 0.25) is 0 Å². The summed E-state index contributed by atoms with van der Waals surface area (Å²) in [6, 6.07) is 9.22. The molecule has 3 rings (SSSR count). The van der Waals surface area contributed by atoms with Crippen LogP contribution in [0.4, 0.5) is 0 Å². The Bertz CT molecular complexity index is 799. The van der Waals surface area contributed by atoms with Gasteiger partial charge in [-0.05, 0) is 31.2 Å². The molecule has 2 aromatic heterocycles. The molecule has 0 atom stereocenters. The minimum atomic E-state index is -0.898. The van der Waals surface area contributed by atoms with Gasteiger partial charge in [0.25, 0.3) is 0 Å². The molecule has 0 bridgehead atoms. The third-order valence-electron chi connectivity index (χ3n) is 3.48. The summed E-state index contributed by atoms with van der Waals surface area (Å²) in [7, 11) is 1.91. The van der Waals surface area contributed by atoms with Gasteiger partial charge in [0, 0.05) is 24.1 Å². The van der Waals surface area contributed by atoms with Crippen LogP contribution in [0.5, 0.6) is 0 Å². The van der Waals surface area contributed by atoms with Crippen molar-refractivity contribution in [2.24, 2.45) is 7.05 Å². The van der Waals surface area contributed by atoms with Crippen molar-refractivity contribution in [1.29, 1.82) is 0 Å². The summed E-state index contributed by atoms with van der Waals surface area (Å²) in [5.41, 5.74) is 3.32. The molecule has 3 aromatic rings. The first-order chi connectivity index (χ1) is 9.56. The maximum atomic E-state index is 11.2. The van der Waals surface area contributed by atoms with Gasteiger partial charge in [0.05, 0.1) is 23.5 Å². The van der Waals surface area contributed by atoms with E-state index in [-0.39, 0.29) is 0 Å². The van der Waals surface area contributed by atoms with E-state index in [1.54, 1.807) is 12.1 Å². The zero-order chi connectivity index (χ0) is 14.3. The fourth-order valence-electron chi connectivity index (χ4n) is 2.53. The molecular formula is C15H15N3O2. The summed E-state index contributed by atoms with van der Waals surface area (Å²) in [4.78, 5) is 11.2. The molecule has 0 aliphatic carbocycles. The third-order valence-corrected chi connectivity index (χ3v) is 3.48. The molecule has 0 radical (unpaired) electrons. The smallest absolute Gasteiger partial charge is 0.336 e. The molecule has 20 heavy (non-hydrogen) atoms. The number of carbonyl (C=O) groups is 1. The molecule has 0 amide bonds. The Kier molecular flexibility index (Phi) is 2.82. The first kappa shape index (κ1) is 12.5. The van der Waals surface area contributed by atoms with Crippen LogP contribution in [0.25, 0.3) is 10.9 Å². The number of hydrogen-bond acceptors (Lipinski definition) is 2. The van der Waals surface area contributed by atoms with Crippen molar-refractivity contribution in [3.63, 3.8) is 0 Å². The number of rotatable bonds is 3. The number of aromatic carboxylic acids is 1. The molecule has 0 saturated carbocycles. The normalized spacial score (nSPS) is 11.1. The lowest BCUT2D eigenvalue weighted by atomic mass is 10.1. The van der Waals surface area contributed by atoms with Gasteiger partial charge in [-0.25, -0.2) is 4.79 Å². The molecule has 0 saturated heterocycles. The van der Waals surface area contributed by atoms with Crippen molar-refractivity contribution in [3.05, 3.63) is 53.5 Å². The Morgan fingerprint density at radius 1 is 1.35 bits per heavy atom. The summed E-state index contributed by atoms with van der Waals surface area (Å²) in [6.45, 7) is 2.63. The highest BCUT2D eigenvalue weighted by molar-refractivity contribution is 6.02. The molecule has 1 aromatic carbocycles. The van der Waals surface area contributed by atoms with Gasteiger partial charge in [-0.1, -0.05) is 6.07 Å². The average Bonchev–Trinajstić information content (AvgIpc) is 2.94. The number of benzene rings is 1. The predicted molar refractivity (Wildman–Crippen MR) is 75.9 cm³/mol. The van der Waals surface area contributed by atoms with Crippen LogP contribution in [0, 0.1) is 6.92 Å².